The molecule has 2 aromatic heterocycles. The molecule has 0 N–H and O–H groups in total. The van der Waals surface area contributed by atoms with Crippen LogP contribution >= 0.6 is 11.3 Å². The van der Waals surface area contributed by atoms with E-state index in [1.54, 1.807) is 0 Å². The third-order valence-corrected chi connectivity index (χ3v) is 6.05. The molecule has 140 valence electrons. The number of aryl methyl sites for hydroxylation is 1. The quantitative estimate of drug-likeness (QED) is 0.687. The van der Waals surface area contributed by atoms with Crippen LogP contribution in [0.4, 0.5) is 5.82 Å². The molecule has 0 saturated carbocycles. The maximum atomic E-state index is 13.3. The fraction of sp³-hybridized carbons (Fsp3) is 0.333. The van der Waals surface area contributed by atoms with Gasteiger partial charge in [-0.2, -0.15) is 0 Å². The van der Waals surface area contributed by atoms with Gasteiger partial charge >= 0.3 is 0 Å². The van der Waals surface area contributed by atoms with Gasteiger partial charge in [0.15, 0.2) is 5.82 Å². The lowest BCUT2D eigenvalue weighted by molar-refractivity contribution is 0.0966. The Morgan fingerprint density at radius 3 is 2.63 bits per heavy atom. The molecule has 5 nitrogen and oxygen atoms in total. The summed E-state index contributed by atoms with van der Waals surface area (Å²) in [7, 11) is 2.13. The highest BCUT2D eigenvalue weighted by molar-refractivity contribution is 7.12. The Hall–Kier alpha value is -2.44. The van der Waals surface area contributed by atoms with E-state index in [0.717, 1.165) is 47.9 Å². The van der Waals surface area contributed by atoms with E-state index in [9.17, 15) is 4.79 Å². The summed E-state index contributed by atoms with van der Waals surface area (Å²) >= 11 is 1.49. The van der Waals surface area contributed by atoms with E-state index in [2.05, 4.69) is 24.9 Å². The first-order chi connectivity index (χ1) is 13.1. The largest absolute Gasteiger partial charge is 0.306 e. The second kappa shape index (κ2) is 7.66. The average molecular weight is 381 g/mol. The fourth-order valence-corrected chi connectivity index (χ4v) is 4.29. The number of piperidine rings is 1. The van der Waals surface area contributed by atoms with Crippen LogP contribution in [0.15, 0.2) is 54.0 Å². The van der Waals surface area contributed by atoms with Gasteiger partial charge in [-0.05, 0) is 63.0 Å². The van der Waals surface area contributed by atoms with Gasteiger partial charge in [-0.1, -0.05) is 24.3 Å². The van der Waals surface area contributed by atoms with Gasteiger partial charge in [0.1, 0.15) is 0 Å². The summed E-state index contributed by atoms with van der Waals surface area (Å²) in [4.78, 5) is 18.3. The molecule has 3 aromatic rings. The van der Waals surface area contributed by atoms with Crippen molar-refractivity contribution >= 4 is 23.1 Å². The zero-order valence-electron chi connectivity index (χ0n) is 15.7. The third-order valence-electron chi connectivity index (χ3n) is 5.19. The predicted molar refractivity (Wildman–Crippen MR) is 110 cm³/mol. The minimum absolute atomic E-state index is 0.0505. The normalized spacial score (nSPS) is 15.8. The Labute approximate surface area is 163 Å². The van der Waals surface area contributed by atoms with E-state index in [1.807, 2.05) is 57.6 Å². The number of carbonyl (C=O) groups excluding carboxylic acids is 1. The number of rotatable bonds is 4. The molecule has 1 aliphatic heterocycles. The SMILES string of the molecule is Cc1ccccc1-n1ccc(N(C(=O)c2cccs2)C2CCN(C)CC2)n1. The highest BCUT2D eigenvalue weighted by atomic mass is 32.1. The van der Waals surface area contributed by atoms with E-state index < -0.39 is 0 Å². The first kappa shape index (κ1) is 17.9. The number of likely N-dealkylation sites (tertiary alicyclic amines) is 1. The molecule has 1 aromatic carbocycles. The van der Waals surface area contributed by atoms with Gasteiger partial charge in [-0.3, -0.25) is 9.69 Å². The molecule has 3 heterocycles. The van der Waals surface area contributed by atoms with E-state index in [4.69, 9.17) is 5.10 Å². The summed E-state index contributed by atoms with van der Waals surface area (Å²) in [5.74, 6) is 0.779. The topological polar surface area (TPSA) is 41.4 Å². The van der Waals surface area contributed by atoms with Crippen molar-refractivity contribution in [2.24, 2.45) is 0 Å². The standard InChI is InChI=1S/C21H24N4OS/c1-16-6-3-4-7-18(16)24-14-11-20(22-24)25(17-9-12-23(2)13-10-17)21(26)19-8-5-15-27-19/h3-8,11,14-15,17H,9-10,12-13H2,1-2H3. The summed E-state index contributed by atoms with van der Waals surface area (Å²) in [5, 5.41) is 6.73. The Morgan fingerprint density at radius 1 is 1.15 bits per heavy atom. The van der Waals surface area contributed by atoms with Crippen molar-refractivity contribution in [3.63, 3.8) is 0 Å². The molecular weight excluding hydrogens is 356 g/mol. The van der Waals surface area contributed by atoms with Crippen LogP contribution in [0.5, 0.6) is 0 Å². The minimum Gasteiger partial charge on any atom is -0.306 e. The molecule has 6 heteroatoms. The van der Waals surface area contributed by atoms with Gasteiger partial charge < -0.3 is 4.90 Å². The van der Waals surface area contributed by atoms with Crippen LogP contribution in [0.1, 0.15) is 28.1 Å². The number of thiophene rings is 1. The second-order valence-electron chi connectivity index (χ2n) is 7.09. The molecule has 0 spiro atoms. The number of para-hydroxylation sites is 1. The molecule has 0 atom stereocenters. The van der Waals surface area contributed by atoms with Crippen molar-refractivity contribution in [3.8, 4) is 5.69 Å². The number of benzene rings is 1. The Balaban J connectivity index is 1.69. The number of hydrogen-bond acceptors (Lipinski definition) is 4. The Morgan fingerprint density at radius 2 is 1.93 bits per heavy atom. The van der Waals surface area contributed by atoms with Gasteiger partial charge in [-0.25, -0.2) is 4.68 Å². The highest BCUT2D eigenvalue weighted by Gasteiger charge is 2.31. The summed E-state index contributed by atoms with van der Waals surface area (Å²) in [5.41, 5.74) is 2.19. The molecule has 0 radical (unpaired) electrons. The lowest BCUT2D eigenvalue weighted by Gasteiger charge is -2.36. The smallest absolute Gasteiger partial charge is 0.269 e. The van der Waals surface area contributed by atoms with Gasteiger partial charge in [0, 0.05) is 18.3 Å². The van der Waals surface area contributed by atoms with E-state index >= 15 is 0 Å². The van der Waals surface area contributed by atoms with Crippen LogP contribution in [-0.4, -0.2) is 46.8 Å². The van der Waals surface area contributed by atoms with E-state index in [0.29, 0.717) is 0 Å². The van der Waals surface area contributed by atoms with Crippen LogP contribution in [0, 0.1) is 6.92 Å². The van der Waals surface area contributed by atoms with Crippen molar-refractivity contribution < 1.29 is 4.79 Å². The summed E-state index contributed by atoms with van der Waals surface area (Å²) in [6.07, 6.45) is 3.87. The van der Waals surface area contributed by atoms with Crippen molar-refractivity contribution in [2.45, 2.75) is 25.8 Å². The molecule has 0 aliphatic carbocycles. The average Bonchev–Trinajstić information content (AvgIpc) is 3.36. The van der Waals surface area contributed by atoms with Crippen molar-refractivity contribution in [1.29, 1.82) is 0 Å². The fourth-order valence-electron chi connectivity index (χ4n) is 3.63. The molecule has 1 aliphatic rings. The number of carbonyl (C=O) groups is 1. The van der Waals surface area contributed by atoms with Gasteiger partial charge in [0.25, 0.3) is 5.91 Å². The number of anilines is 1. The number of aromatic nitrogens is 2. The van der Waals surface area contributed by atoms with Crippen LogP contribution in [-0.2, 0) is 0 Å². The van der Waals surface area contributed by atoms with Gasteiger partial charge in [0.2, 0.25) is 0 Å². The molecule has 27 heavy (non-hydrogen) atoms. The van der Waals surface area contributed by atoms with Crippen molar-refractivity contribution in [3.05, 3.63) is 64.5 Å². The van der Waals surface area contributed by atoms with E-state index in [-0.39, 0.29) is 11.9 Å². The zero-order valence-corrected chi connectivity index (χ0v) is 16.5. The third kappa shape index (κ3) is 3.68. The maximum absolute atomic E-state index is 13.3. The summed E-state index contributed by atoms with van der Waals surface area (Å²) in [6.45, 7) is 4.07. The number of hydrogen-bond donors (Lipinski definition) is 0. The highest BCUT2D eigenvalue weighted by Crippen LogP contribution is 2.26. The van der Waals surface area contributed by atoms with Gasteiger partial charge in [0.05, 0.1) is 10.6 Å². The van der Waals surface area contributed by atoms with Gasteiger partial charge in [-0.15, -0.1) is 16.4 Å². The monoisotopic (exact) mass is 380 g/mol. The molecule has 1 fully saturated rings. The lowest BCUT2D eigenvalue weighted by atomic mass is 10.0. The number of amides is 1. The van der Waals surface area contributed by atoms with Crippen LogP contribution < -0.4 is 4.90 Å². The second-order valence-corrected chi connectivity index (χ2v) is 8.04. The number of nitrogens with zero attached hydrogens (tertiary/aromatic N) is 4. The minimum atomic E-state index is 0.0505. The molecule has 1 saturated heterocycles. The Bertz CT molecular complexity index is 910. The molecule has 1 amide bonds. The molecular formula is C21H24N4OS. The predicted octanol–water partition coefficient (Wildman–Crippen LogP) is 3.98. The zero-order chi connectivity index (χ0) is 18.8. The summed E-state index contributed by atoms with van der Waals surface area (Å²) < 4.78 is 1.87. The van der Waals surface area contributed by atoms with Crippen molar-refractivity contribution in [2.75, 3.05) is 25.0 Å². The lowest BCUT2D eigenvalue weighted by Crippen LogP contribution is -2.47. The first-order valence-electron chi connectivity index (χ1n) is 9.31. The van der Waals surface area contributed by atoms with Crippen molar-refractivity contribution in [1.82, 2.24) is 14.7 Å². The maximum Gasteiger partial charge on any atom is 0.269 e. The first-order valence-corrected chi connectivity index (χ1v) is 10.2. The summed E-state index contributed by atoms with van der Waals surface area (Å²) in [6, 6.07) is 14.1. The van der Waals surface area contributed by atoms with Crippen LogP contribution in [0.3, 0.4) is 0 Å². The Kier molecular flexibility index (Phi) is 5.09. The van der Waals surface area contributed by atoms with E-state index in [1.165, 1.54) is 11.3 Å². The van der Waals surface area contributed by atoms with Crippen LogP contribution in [0.25, 0.3) is 5.69 Å². The van der Waals surface area contributed by atoms with Crippen LogP contribution in [0.2, 0.25) is 0 Å². The molecule has 0 unspecified atom stereocenters. The molecule has 0 bridgehead atoms. The molecule has 4 rings (SSSR count).